The predicted octanol–water partition coefficient (Wildman–Crippen LogP) is -3.72. The quantitative estimate of drug-likeness (QED) is 0.112. The lowest BCUT2D eigenvalue weighted by Crippen LogP contribution is -2.57. The summed E-state index contributed by atoms with van der Waals surface area (Å²) in [7, 11) is 0. The first kappa shape index (κ1) is 28.3. The Kier molecular flexibility index (Phi) is 11.4. The van der Waals surface area contributed by atoms with Gasteiger partial charge in [0, 0.05) is 12.8 Å². The van der Waals surface area contributed by atoms with Crippen molar-refractivity contribution in [2.24, 2.45) is 11.5 Å². The van der Waals surface area contributed by atoms with Gasteiger partial charge in [-0.2, -0.15) is 0 Å². The monoisotopic (exact) mass is 486 g/mol. The molecular formula is C19H30N6O9. The molecule has 5 amide bonds. The highest BCUT2D eigenvalue weighted by Gasteiger charge is 2.32. The van der Waals surface area contributed by atoms with Crippen LogP contribution in [0.3, 0.4) is 0 Å². The Hall–Kier alpha value is -3.75. The van der Waals surface area contributed by atoms with E-state index in [1.165, 1.54) is 0 Å². The number of rotatable bonds is 15. The highest BCUT2D eigenvalue weighted by Crippen LogP contribution is 2.08. The molecule has 0 aromatic rings. The van der Waals surface area contributed by atoms with Crippen LogP contribution in [0.25, 0.3) is 0 Å². The Morgan fingerprint density at radius 1 is 0.824 bits per heavy atom. The van der Waals surface area contributed by atoms with Gasteiger partial charge in [-0.05, 0) is 32.2 Å². The second-order valence-corrected chi connectivity index (χ2v) is 7.78. The van der Waals surface area contributed by atoms with Gasteiger partial charge in [0.05, 0.1) is 12.5 Å². The topological polar surface area (TPSA) is 260 Å². The Morgan fingerprint density at radius 2 is 1.35 bits per heavy atom. The zero-order chi connectivity index (χ0) is 25.8. The molecule has 34 heavy (non-hydrogen) atoms. The lowest BCUT2D eigenvalue weighted by molar-refractivity contribution is -0.143. The predicted molar refractivity (Wildman–Crippen MR) is 114 cm³/mol. The summed E-state index contributed by atoms with van der Waals surface area (Å²) in [4.78, 5) is 82.4. The van der Waals surface area contributed by atoms with Crippen LogP contribution in [0.2, 0.25) is 0 Å². The van der Waals surface area contributed by atoms with Crippen LogP contribution >= 0.6 is 0 Å². The second-order valence-electron chi connectivity index (χ2n) is 7.78. The van der Waals surface area contributed by atoms with Crippen LogP contribution in [0.5, 0.6) is 0 Å². The van der Waals surface area contributed by atoms with Gasteiger partial charge in [-0.25, -0.2) is 4.79 Å². The number of hydrogen-bond donors (Lipinski definition) is 8. The highest BCUT2D eigenvalue weighted by atomic mass is 16.4. The third-order valence-corrected chi connectivity index (χ3v) is 4.99. The maximum absolute atomic E-state index is 12.8. The zero-order valence-corrected chi connectivity index (χ0v) is 18.4. The molecule has 15 nitrogen and oxygen atoms in total. The summed E-state index contributed by atoms with van der Waals surface area (Å²) in [5, 5.41) is 28.0. The Bertz CT molecular complexity index is 812. The van der Waals surface area contributed by atoms with E-state index in [4.69, 9.17) is 16.6 Å². The lowest BCUT2D eigenvalue weighted by Gasteiger charge is -2.24. The van der Waals surface area contributed by atoms with Gasteiger partial charge in [-0.15, -0.1) is 0 Å². The van der Waals surface area contributed by atoms with E-state index in [1.54, 1.807) is 0 Å². The average molecular weight is 486 g/mol. The molecule has 0 radical (unpaired) electrons. The molecule has 0 bridgehead atoms. The standard InChI is InChI=1S/C19H30N6O9/c20-13(26)5-3-10(23-16(30)9-2-1-7-22-9)17(31)25-12(8-15(28)29)18(32)24-11(19(33)34)4-6-14(21)27/h9-12,22H,1-8H2,(H2,20,26)(H2,21,27)(H,23,30)(H,24,32)(H,25,31)(H,28,29)(H,33,34). The van der Waals surface area contributed by atoms with E-state index < -0.39 is 72.1 Å². The van der Waals surface area contributed by atoms with Gasteiger partial charge in [0.15, 0.2) is 0 Å². The summed E-state index contributed by atoms with van der Waals surface area (Å²) in [6.45, 7) is 0.609. The van der Waals surface area contributed by atoms with Gasteiger partial charge >= 0.3 is 11.9 Å². The van der Waals surface area contributed by atoms with Crippen LogP contribution in [-0.4, -0.2) is 82.4 Å². The largest absolute Gasteiger partial charge is 0.481 e. The van der Waals surface area contributed by atoms with Crippen molar-refractivity contribution in [2.45, 2.75) is 69.1 Å². The molecule has 0 aliphatic carbocycles. The van der Waals surface area contributed by atoms with Crippen molar-refractivity contribution < 1.29 is 43.8 Å². The van der Waals surface area contributed by atoms with Crippen molar-refractivity contribution >= 4 is 41.5 Å². The molecule has 1 fully saturated rings. The second kappa shape index (κ2) is 13.7. The minimum absolute atomic E-state index is 0.211. The smallest absolute Gasteiger partial charge is 0.326 e. The average Bonchev–Trinajstić information content (AvgIpc) is 3.27. The molecule has 0 spiro atoms. The molecule has 0 aromatic heterocycles. The summed E-state index contributed by atoms with van der Waals surface area (Å²) in [6, 6.07) is -5.13. The number of nitrogens with one attached hydrogen (secondary N) is 4. The highest BCUT2D eigenvalue weighted by molar-refractivity contribution is 5.96. The molecule has 190 valence electrons. The van der Waals surface area contributed by atoms with Gasteiger partial charge in [0.25, 0.3) is 0 Å². The molecule has 1 heterocycles. The first-order chi connectivity index (χ1) is 15.9. The van der Waals surface area contributed by atoms with Crippen molar-refractivity contribution in [3.05, 3.63) is 0 Å². The minimum Gasteiger partial charge on any atom is -0.481 e. The first-order valence-corrected chi connectivity index (χ1v) is 10.6. The number of carboxylic acids is 2. The number of carbonyl (C=O) groups is 7. The van der Waals surface area contributed by atoms with Gasteiger partial charge < -0.3 is 42.9 Å². The number of carboxylic acid groups (broad SMARTS) is 2. The van der Waals surface area contributed by atoms with Gasteiger partial charge in [-0.1, -0.05) is 0 Å². The Morgan fingerprint density at radius 3 is 1.82 bits per heavy atom. The van der Waals surface area contributed by atoms with Crippen molar-refractivity contribution in [2.75, 3.05) is 6.54 Å². The summed E-state index contributed by atoms with van der Waals surface area (Å²) in [5.41, 5.74) is 10.1. The maximum atomic E-state index is 12.8. The third-order valence-electron chi connectivity index (χ3n) is 4.99. The molecule has 0 saturated carbocycles. The zero-order valence-electron chi connectivity index (χ0n) is 18.4. The number of aliphatic carboxylic acids is 2. The lowest BCUT2D eigenvalue weighted by atomic mass is 10.1. The fraction of sp³-hybridized carbons (Fsp3) is 0.632. The normalized spacial score (nSPS) is 17.6. The van der Waals surface area contributed by atoms with Crippen molar-refractivity contribution in [1.29, 1.82) is 0 Å². The van der Waals surface area contributed by atoms with Gasteiger partial charge in [0.1, 0.15) is 18.1 Å². The number of hydrogen-bond acceptors (Lipinski definition) is 8. The summed E-state index contributed by atoms with van der Waals surface area (Å²) in [5.74, 6) is -7.13. The van der Waals surface area contributed by atoms with E-state index in [0.29, 0.717) is 13.0 Å². The number of amides is 5. The molecule has 1 aliphatic heterocycles. The number of primary amides is 2. The fourth-order valence-corrected chi connectivity index (χ4v) is 3.21. The van der Waals surface area contributed by atoms with Gasteiger partial charge in [-0.3, -0.25) is 28.8 Å². The van der Waals surface area contributed by atoms with Crippen LogP contribution in [0.1, 0.15) is 44.9 Å². The number of carbonyl (C=O) groups excluding carboxylic acids is 5. The molecule has 10 N–H and O–H groups in total. The van der Waals surface area contributed by atoms with E-state index in [-0.39, 0.29) is 25.7 Å². The minimum atomic E-state index is -1.71. The molecular weight excluding hydrogens is 456 g/mol. The Labute approximate surface area is 194 Å². The van der Waals surface area contributed by atoms with Crippen molar-refractivity contribution in [1.82, 2.24) is 21.3 Å². The van der Waals surface area contributed by atoms with E-state index in [9.17, 15) is 38.7 Å². The third kappa shape index (κ3) is 10.2. The van der Waals surface area contributed by atoms with Crippen LogP contribution in [0, 0.1) is 0 Å². The molecule has 15 heteroatoms. The van der Waals surface area contributed by atoms with E-state index in [1.807, 2.05) is 0 Å². The SMILES string of the molecule is NC(=O)CCC(NC(=O)C(CC(=O)O)NC(=O)C(CCC(N)=O)NC(=O)C1CCCN1)C(=O)O. The van der Waals surface area contributed by atoms with Crippen molar-refractivity contribution in [3.63, 3.8) is 0 Å². The number of nitrogens with two attached hydrogens (primary N) is 2. The first-order valence-electron chi connectivity index (χ1n) is 10.6. The van der Waals surface area contributed by atoms with Crippen molar-refractivity contribution in [3.8, 4) is 0 Å². The molecule has 4 unspecified atom stereocenters. The van der Waals surface area contributed by atoms with E-state index >= 15 is 0 Å². The summed E-state index contributed by atoms with van der Waals surface area (Å²) >= 11 is 0. The van der Waals surface area contributed by atoms with Crippen LogP contribution in [0.4, 0.5) is 0 Å². The molecule has 4 atom stereocenters. The summed E-state index contributed by atoms with van der Waals surface area (Å²) < 4.78 is 0. The van der Waals surface area contributed by atoms with E-state index in [2.05, 4.69) is 21.3 Å². The Balaban J connectivity index is 2.94. The van der Waals surface area contributed by atoms with Crippen LogP contribution in [0.15, 0.2) is 0 Å². The molecule has 1 rings (SSSR count). The van der Waals surface area contributed by atoms with E-state index in [0.717, 1.165) is 6.42 Å². The molecule has 1 aliphatic rings. The maximum Gasteiger partial charge on any atom is 0.326 e. The molecule has 0 aromatic carbocycles. The fourth-order valence-electron chi connectivity index (χ4n) is 3.21. The van der Waals surface area contributed by atoms with Gasteiger partial charge in [0.2, 0.25) is 29.5 Å². The molecule has 1 saturated heterocycles. The summed E-state index contributed by atoms with van der Waals surface area (Å²) in [6.07, 6.45) is -0.822. The van der Waals surface area contributed by atoms with Crippen LogP contribution < -0.4 is 32.7 Å². The van der Waals surface area contributed by atoms with Crippen LogP contribution in [-0.2, 0) is 33.6 Å².